The highest BCUT2D eigenvalue weighted by molar-refractivity contribution is 5.73. The molecule has 1 saturated heterocycles. The van der Waals surface area contributed by atoms with Crippen LogP contribution < -0.4 is 0 Å². The van der Waals surface area contributed by atoms with E-state index < -0.39 is 30.1 Å². The van der Waals surface area contributed by atoms with E-state index in [4.69, 9.17) is 4.74 Å². The number of carbonyl (C=O) groups excluding carboxylic acids is 1. The molecule has 0 aromatic rings. The van der Waals surface area contributed by atoms with Crippen molar-refractivity contribution < 1.29 is 27.4 Å². The van der Waals surface area contributed by atoms with Crippen molar-refractivity contribution in [2.45, 2.75) is 45.1 Å². The summed E-state index contributed by atoms with van der Waals surface area (Å²) in [6.45, 7) is 3.78. The van der Waals surface area contributed by atoms with E-state index in [0.717, 1.165) is 0 Å². The molecule has 2 fully saturated rings. The fourth-order valence-electron chi connectivity index (χ4n) is 3.49. The van der Waals surface area contributed by atoms with Crippen molar-refractivity contribution in [3.05, 3.63) is 0 Å². The molecule has 1 aliphatic heterocycles. The molecule has 0 aromatic carbocycles. The van der Waals surface area contributed by atoms with Gasteiger partial charge in [-0.05, 0) is 25.7 Å². The zero-order valence-electron chi connectivity index (χ0n) is 11.2. The Kier molecular flexibility index (Phi) is 3.82. The average molecular weight is 280 g/mol. The largest absolute Gasteiger partial charge is 0.469 e. The Labute approximate surface area is 110 Å². The van der Waals surface area contributed by atoms with Crippen molar-refractivity contribution >= 4 is 5.97 Å². The lowest BCUT2D eigenvalue weighted by atomic mass is 9.68. The van der Waals surface area contributed by atoms with E-state index in [1.165, 1.54) is 7.11 Å². The highest BCUT2D eigenvalue weighted by atomic mass is 19.4. The van der Waals surface area contributed by atoms with Crippen LogP contribution in [0.4, 0.5) is 13.2 Å². The summed E-state index contributed by atoms with van der Waals surface area (Å²) in [4.78, 5) is 11.8. The van der Waals surface area contributed by atoms with Gasteiger partial charge < -0.3 is 9.47 Å². The van der Waals surface area contributed by atoms with Gasteiger partial charge in [-0.1, -0.05) is 6.92 Å². The van der Waals surface area contributed by atoms with Crippen LogP contribution in [0.25, 0.3) is 0 Å². The Balaban J connectivity index is 2.25. The molecule has 6 atom stereocenters. The van der Waals surface area contributed by atoms with Crippen molar-refractivity contribution in [1.29, 1.82) is 0 Å². The van der Waals surface area contributed by atoms with Gasteiger partial charge in [0.05, 0.1) is 31.2 Å². The molecule has 1 aliphatic carbocycles. The zero-order valence-corrected chi connectivity index (χ0v) is 11.2. The molecule has 0 amide bonds. The maximum absolute atomic E-state index is 12.9. The molecule has 110 valence electrons. The number of halogens is 3. The molecule has 2 aliphatic rings. The second-order valence-corrected chi connectivity index (χ2v) is 5.66. The van der Waals surface area contributed by atoms with E-state index in [9.17, 15) is 18.0 Å². The zero-order chi connectivity index (χ0) is 14.4. The standard InChI is InChI=1S/C13H19F3O3/c1-6-7(2)19-10-5-8(13(14,15)16)4-9(11(6)10)12(17)18-3/h6-11H,4-5H2,1-3H3/t6-,7-,8+,9-,10+,11-/m1/s1. The van der Waals surface area contributed by atoms with Gasteiger partial charge in [0.25, 0.3) is 0 Å². The molecule has 0 N–H and O–H groups in total. The van der Waals surface area contributed by atoms with E-state index >= 15 is 0 Å². The second kappa shape index (κ2) is 4.96. The van der Waals surface area contributed by atoms with Gasteiger partial charge in [-0.15, -0.1) is 0 Å². The number of carbonyl (C=O) groups is 1. The van der Waals surface area contributed by atoms with Gasteiger partial charge in [0.1, 0.15) is 0 Å². The first kappa shape index (κ1) is 14.6. The SMILES string of the molecule is COC(=O)[C@@H]1C[C@H](C(F)(F)F)C[C@@H]2O[C@H](C)[C@@H](C)[C@@H]21. The first-order valence-electron chi connectivity index (χ1n) is 6.55. The van der Waals surface area contributed by atoms with E-state index in [-0.39, 0.29) is 30.8 Å². The third-order valence-corrected chi connectivity index (χ3v) is 4.65. The highest BCUT2D eigenvalue weighted by Crippen LogP contribution is 2.50. The van der Waals surface area contributed by atoms with E-state index in [1.807, 2.05) is 13.8 Å². The number of ether oxygens (including phenoxy) is 2. The Morgan fingerprint density at radius 1 is 1.26 bits per heavy atom. The number of hydrogen-bond donors (Lipinski definition) is 0. The summed E-state index contributed by atoms with van der Waals surface area (Å²) in [5.41, 5.74) is 0. The lowest BCUT2D eigenvalue weighted by Crippen LogP contribution is -2.44. The molecule has 6 heteroatoms. The molecule has 0 aromatic heterocycles. The summed E-state index contributed by atoms with van der Waals surface area (Å²) in [5.74, 6) is -2.83. The molecule has 0 radical (unpaired) electrons. The molecule has 1 heterocycles. The van der Waals surface area contributed by atoms with Crippen LogP contribution in [0.2, 0.25) is 0 Å². The molecular weight excluding hydrogens is 261 g/mol. The summed E-state index contributed by atoms with van der Waals surface area (Å²) in [5, 5.41) is 0. The number of hydrogen-bond acceptors (Lipinski definition) is 3. The maximum Gasteiger partial charge on any atom is 0.391 e. The number of alkyl halides is 3. The molecular formula is C13H19F3O3. The highest BCUT2D eigenvalue weighted by Gasteiger charge is 2.56. The minimum atomic E-state index is -4.28. The smallest absolute Gasteiger partial charge is 0.391 e. The molecule has 0 spiro atoms. The molecule has 0 bridgehead atoms. The van der Waals surface area contributed by atoms with Crippen LogP contribution in [-0.2, 0) is 14.3 Å². The van der Waals surface area contributed by atoms with Gasteiger partial charge >= 0.3 is 12.1 Å². The monoisotopic (exact) mass is 280 g/mol. The summed E-state index contributed by atoms with van der Waals surface area (Å²) >= 11 is 0. The normalized spacial score (nSPS) is 42.8. The number of fused-ring (bicyclic) bond motifs is 1. The fourth-order valence-corrected chi connectivity index (χ4v) is 3.49. The van der Waals surface area contributed by atoms with Gasteiger partial charge in [-0.2, -0.15) is 13.2 Å². The summed E-state index contributed by atoms with van der Waals surface area (Å²) in [6.07, 6.45) is -5.12. The van der Waals surface area contributed by atoms with Crippen molar-refractivity contribution in [2.24, 2.45) is 23.7 Å². The average Bonchev–Trinajstić information content (AvgIpc) is 2.62. The Hall–Kier alpha value is -0.780. The molecule has 2 rings (SSSR count). The molecule has 0 unspecified atom stereocenters. The third-order valence-electron chi connectivity index (χ3n) is 4.65. The molecule has 19 heavy (non-hydrogen) atoms. The summed E-state index contributed by atoms with van der Waals surface area (Å²) in [7, 11) is 1.22. The van der Waals surface area contributed by atoms with Crippen molar-refractivity contribution in [3.8, 4) is 0 Å². The first-order valence-corrected chi connectivity index (χ1v) is 6.55. The predicted molar refractivity (Wildman–Crippen MR) is 61.3 cm³/mol. The number of rotatable bonds is 1. The number of esters is 1. The van der Waals surface area contributed by atoms with Gasteiger partial charge in [0.2, 0.25) is 0 Å². The van der Waals surface area contributed by atoms with Gasteiger partial charge in [-0.3, -0.25) is 4.79 Å². The Morgan fingerprint density at radius 2 is 1.89 bits per heavy atom. The van der Waals surface area contributed by atoms with Crippen LogP contribution in [0.3, 0.4) is 0 Å². The van der Waals surface area contributed by atoms with Crippen molar-refractivity contribution in [3.63, 3.8) is 0 Å². The molecule has 3 nitrogen and oxygen atoms in total. The lowest BCUT2D eigenvalue weighted by Gasteiger charge is -2.38. The van der Waals surface area contributed by atoms with Crippen LogP contribution in [0.1, 0.15) is 26.7 Å². The predicted octanol–water partition coefficient (Wildman–Crippen LogP) is 2.79. The van der Waals surface area contributed by atoms with Crippen LogP contribution in [0.5, 0.6) is 0 Å². The first-order chi connectivity index (χ1) is 8.75. The quantitative estimate of drug-likeness (QED) is 0.693. The maximum atomic E-state index is 12.9. The number of methoxy groups -OCH3 is 1. The van der Waals surface area contributed by atoms with E-state index in [1.54, 1.807) is 0 Å². The van der Waals surface area contributed by atoms with Crippen molar-refractivity contribution in [2.75, 3.05) is 7.11 Å². The van der Waals surface area contributed by atoms with E-state index in [2.05, 4.69) is 4.74 Å². The minimum Gasteiger partial charge on any atom is -0.469 e. The van der Waals surface area contributed by atoms with Crippen LogP contribution in [0.15, 0.2) is 0 Å². The van der Waals surface area contributed by atoms with Gasteiger partial charge in [-0.25, -0.2) is 0 Å². The third kappa shape index (κ3) is 2.59. The van der Waals surface area contributed by atoms with Crippen LogP contribution in [0, 0.1) is 23.7 Å². The van der Waals surface area contributed by atoms with Crippen LogP contribution >= 0.6 is 0 Å². The summed E-state index contributed by atoms with van der Waals surface area (Å²) < 4.78 is 49.1. The minimum absolute atomic E-state index is 0.0453. The van der Waals surface area contributed by atoms with Crippen molar-refractivity contribution in [1.82, 2.24) is 0 Å². The van der Waals surface area contributed by atoms with Gasteiger partial charge in [0, 0.05) is 5.92 Å². The van der Waals surface area contributed by atoms with Gasteiger partial charge in [0.15, 0.2) is 0 Å². The topological polar surface area (TPSA) is 35.5 Å². The second-order valence-electron chi connectivity index (χ2n) is 5.66. The lowest BCUT2D eigenvalue weighted by molar-refractivity contribution is -0.202. The van der Waals surface area contributed by atoms with Crippen LogP contribution in [-0.4, -0.2) is 31.5 Å². The molecule has 1 saturated carbocycles. The summed E-state index contributed by atoms with van der Waals surface area (Å²) in [6, 6.07) is 0. The Bertz CT molecular complexity index is 356. The Morgan fingerprint density at radius 3 is 2.42 bits per heavy atom. The van der Waals surface area contributed by atoms with E-state index in [0.29, 0.717) is 0 Å². The fraction of sp³-hybridized carbons (Fsp3) is 0.923.